The molecule has 0 aliphatic heterocycles. The van der Waals surface area contributed by atoms with Gasteiger partial charge in [-0.1, -0.05) is 18.6 Å². The van der Waals surface area contributed by atoms with Crippen molar-refractivity contribution in [3.8, 4) is 0 Å². The number of halogens is 2. The van der Waals surface area contributed by atoms with Gasteiger partial charge in [-0.25, -0.2) is 4.79 Å². The summed E-state index contributed by atoms with van der Waals surface area (Å²) in [5.74, 6) is -4.29. The number of ether oxygens (including phenoxy) is 1. The van der Waals surface area contributed by atoms with E-state index in [1.807, 2.05) is 0 Å². The van der Waals surface area contributed by atoms with Crippen LogP contribution in [-0.4, -0.2) is 18.5 Å². The number of esters is 1. The first-order valence-corrected chi connectivity index (χ1v) is 6.05. The summed E-state index contributed by atoms with van der Waals surface area (Å²) >= 11 is 0. The van der Waals surface area contributed by atoms with Crippen LogP contribution in [0, 0.1) is 16.7 Å². The van der Waals surface area contributed by atoms with Crippen LogP contribution in [-0.2, 0) is 9.53 Å². The molecule has 3 aliphatic carbocycles. The maximum Gasteiger partial charge on any atom is 0.376 e. The van der Waals surface area contributed by atoms with Crippen molar-refractivity contribution in [3.63, 3.8) is 0 Å². The molecule has 2 fully saturated rings. The third kappa shape index (κ3) is 1.45. The van der Waals surface area contributed by atoms with E-state index < -0.39 is 11.9 Å². The summed E-state index contributed by atoms with van der Waals surface area (Å²) in [5.41, 5.74) is 1.68. The summed E-state index contributed by atoms with van der Waals surface area (Å²) in [6, 6.07) is 0. The van der Waals surface area contributed by atoms with Crippen molar-refractivity contribution in [2.45, 2.75) is 39.0 Å². The number of hydrogen-bond donors (Lipinski definition) is 0. The lowest BCUT2D eigenvalue weighted by Gasteiger charge is -2.23. The Labute approximate surface area is 99.0 Å². The third-order valence-electron chi connectivity index (χ3n) is 4.55. The minimum Gasteiger partial charge on any atom is -0.461 e. The second-order valence-electron chi connectivity index (χ2n) is 6.05. The molecule has 94 valence electrons. The maximum absolute atomic E-state index is 12.7. The van der Waals surface area contributed by atoms with Crippen LogP contribution in [0.2, 0.25) is 0 Å². The molecule has 1 spiro atoms. The number of alkyl halides is 2. The van der Waals surface area contributed by atoms with Crippen molar-refractivity contribution < 1.29 is 18.3 Å². The fraction of sp³-hybridized carbons (Fsp3) is 0.769. The Hall–Kier alpha value is -0.930. The van der Waals surface area contributed by atoms with Crippen LogP contribution in [0.15, 0.2) is 11.6 Å². The van der Waals surface area contributed by atoms with Crippen molar-refractivity contribution in [2.24, 2.45) is 16.7 Å². The minimum atomic E-state index is -3.37. The van der Waals surface area contributed by atoms with Gasteiger partial charge in [-0.2, -0.15) is 8.78 Å². The van der Waals surface area contributed by atoms with Crippen LogP contribution in [0.5, 0.6) is 0 Å². The molecular weight excluding hydrogens is 226 g/mol. The number of rotatable bonds is 3. The van der Waals surface area contributed by atoms with Gasteiger partial charge in [0.15, 0.2) is 0 Å². The lowest BCUT2D eigenvalue weighted by molar-refractivity contribution is -0.171. The van der Waals surface area contributed by atoms with E-state index in [4.69, 9.17) is 4.74 Å². The number of allylic oxidation sites excluding steroid dienone is 2. The molecule has 0 aromatic rings. The van der Waals surface area contributed by atoms with E-state index in [0.717, 1.165) is 19.3 Å². The van der Waals surface area contributed by atoms with Gasteiger partial charge in [0.2, 0.25) is 0 Å². The molecule has 2 nitrogen and oxygen atoms in total. The molecule has 0 N–H and O–H groups in total. The SMILES string of the molecule is CC1C=C2CC23CC3(COC(=O)C(C)(F)F)C1. The fourth-order valence-corrected chi connectivity index (χ4v) is 3.60. The van der Waals surface area contributed by atoms with Gasteiger partial charge in [-0.3, -0.25) is 0 Å². The first kappa shape index (κ1) is 11.2. The van der Waals surface area contributed by atoms with Crippen molar-refractivity contribution >= 4 is 5.97 Å². The maximum atomic E-state index is 12.7. The molecule has 0 aromatic heterocycles. The van der Waals surface area contributed by atoms with Gasteiger partial charge in [0.25, 0.3) is 0 Å². The Kier molecular flexibility index (Phi) is 1.91. The quantitative estimate of drug-likeness (QED) is 0.562. The van der Waals surface area contributed by atoms with E-state index >= 15 is 0 Å². The monoisotopic (exact) mass is 242 g/mol. The normalized spacial score (nSPS) is 42.1. The highest BCUT2D eigenvalue weighted by Crippen LogP contribution is 2.85. The minimum absolute atomic E-state index is 0.0165. The van der Waals surface area contributed by atoms with Gasteiger partial charge in [-0.05, 0) is 25.2 Å². The summed E-state index contributed by atoms with van der Waals surface area (Å²) in [6.45, 7) is 2.88. The smallest absolute Gasteiger partial charge is 0.376 e. The van der Waals surface area contributed by atoms with Crippen molar-refractivity contribution in [1.29, 1.82) is 0 Å². The van der Waals surface area contributed by atoms with Gasteiger partial charge in [-0.15, -0.1) is 0 Å². The third-order valence-corrected chi connectivity index (χ3v) is 4.55. The predicted molar refractivity (Wildman–Crippen MR) is 57.5 cm³/mol. The highest BCUT2D eigenvalue weighted by molar-refractivity contribution is 5.77. The highest BCUT2D eigenvalue weighted by atomic mass is 19.3. The first-order chi connectivity index (χ1) is 7.79. The topological polar surface area (TPSA) is 26.3 Å². The molecule has 0 saturated heterocycles. The summed E-state index contributed by atoms with van der Waals surface area (Å²) < 4.78 is 30.2. The summed E-state index contributed by atoms with van der Waals surface area (Å²) in [5, 5.41) is 0. The van der Waals surface area contributed by atoms with Crippen LogP contribution in [0.25, 0.3) is 0 Å². The van der Waals surface area contributed by atoms with Crippen LogP contribution in [0.4, 0.5) is 8.78 Å². The fourth-order valence-electron chi connectivity index (χ4n) is 3.60. The van der Waals surface area contributed by atoms with Crippen molar-refractivity contribution in [1.82, 2.24) is 0 Å². The van der Waals surface area contributed by atoms with Crippen LogP contribution in [0.3, 0.4) is 0 Å². The van der Waals surface area contributed by atoms with E-state index in [1.165, 1.54) is 5.57 Å². The van der Waals surface area contributed by atoms with E-state index in [9.17, 15) is 13.6 Å². The Morgan fingerprint density at radius 3 is 3.00 bits per heavy atom. The van der Waals surface area contributed by atoms with Crippen LogP contribution in [0.1, 0.15) is 33.1 Å². The van der Waals surface area contributed by atoms with Gasteiger partial charge < -0.3 is 4.74 Å². The van der Waals surface area contributed by atoms with Gasteiger partial charge in [0.05, 0.1) is 6.61 Å². The lowest BCUT2D eigenvalue weighted by Crippen LogP contribution is -2.30. The molecule has 0 bridgehead atoms. The predicted octanol–water partition coefficient (Wildman–Crippen LogP) is 2.93. The molecule has 4 heteroatoms. The molecule has 17 heavy (non-hydrogen) atoms. The van der Waals surface area contributed by atoms with E-state index in [2.05, 4.69) is 13.0 Å². The zero-order chi connectivity index (χ0) is 12.5. The summed E-state index contributed by atoms with van der Waals surface area (Å²) in [4.78, 5) is 11.1. The number of hydrogen-bond acceptors (Lipinski definition) is 2. The number of carbonyl (C=O) groups is 1. The zero-order valence-corrected chi connectivity index (χ0v) is 10.1. The second-order valence-corrected chi connectivity index (χ2v) is 6.05. The van der Waals surface area contributed by atoms with Gasteiger partial charge in [0, 0.05) is 17.8 Å². The molecule has 0 radical (unpaired) electrons. The Morgan fingerprint density at radius 2 is 2.35 bits per heavy atom. The average Bonchev–Trinajstić information content (AvgIpc) is 3.00. The Bertz CT molecular complexity index is 424. The van der Waals surface area contributed by atoms with E-state index in [0.29, 0.717) is 12.8 Å². The van der Waals surface area contributed by atoms with Crippen molar-refractivity contribution in [2.75, 3.05) is 6.61 Å². The van der Waals surface area contributed by atoms with Gasteiger partial charge >= 0.3 is 11.9 Å². The summed E-state index contributed by atoms with van der Waals surface area (Å²) in [7, 11) is 0. The summed E-state index contributed by atoms with van der Waals surface area (Å²) in [6.07, 6.45) is 5.34. The molecule has 3 aliphatic rings. The van der Waals surface area contributed by atoms with E-state index in [1.54, 1.807) is 0 Å². The first-order valence-electron chi connectivity index (χ1n) is 6.05. The van der Waals surface area contributed by atoms with Crippen LogP contribution >= 0.6 is 0 Å². The molecule has 3 rings (SSSR count). The number of carbonyl (C=O) groups excluding carboxylic acids is 1. The van der Waals surface area contributed by atoms with Crippen molar-refractivity contribution in [3.05, 3.63) is 11.6 Å². The van der Waals surface area contributed by atoms with Crippen LogP contribution < -0.4 is 0 Å². The average molecular weight is 242 g/mol. The molecule has 0 amide bonds. The Balaban J connectivity index is 1.65. The van der Waals surface area contributed by atoms with E-state index in [-0.39, 0.29) is 17.4 Å². The highest BCUT2D eigenvalue weighted by Gasteiger charge is 2.78. The second kappa shape index (κ2) is 2.90. The molecule has 0 aromatic carbocycles. The molecule has 3 atom stereocenters. The standard InChI is InChI=1S/C13H16F2O2/c1-8-3-9-5-13(9)6-12(13,4-8)7-17-10(16)11(2,14)15/h3,8H,4-7H2,1-2H3. The van der Waals surface area contributed by atoms with Gasteiger partial charge in [0.1, 0.15) is 0 Å². The molecule has 3 unspecified atom stereocenters. The zero-order valence-electron chi connectivity index (χ0n) is 10.1. The molecule has 2 saturated carbocycles. The lowest BCUT2D eigenvalue weighted by atomic mass is 9.87. The Morgan fingerprint density at radius 1 is 1.65 bits per heavy atom. The molecular formula is C13H16F2O2. The largest absolute Gasteiger partial charge is 0.461 e. The molecule has 0 heterocycles.